The molecule has 6 heteroatoms. The number of thioether (sulfide) groups is 1. The number of nitrogens with zero attached hydrogens (tertiary/aromatic N) is 1. The standard InChI is InChI=1S/C17H16ClFN2OS/c1-11-6-7-12(10-14(11)18)20-17(22)21-8-9-23-16(21)13-4-2-3-5-15(13)19/h2-7,10,16H,8-9H2,1H3,(H,20,22). The number of hydrogen-bond acceptors (Lipinski definition) is 2. The molecule has 1 heterocycles. The summed E-state index contributed by atoms with van der Waals surface area (Å²) in [5.74, 6) is 0.490. The molecule has 2 amide bonds. The highest BCUT2D eigenvalue weighted by Crippen LogP contribution is 2.39. The van der Waals surface area contributed by atoms with Gasteiger partial charge in [0.25, 0.3) is 0 Å². The average molecular weight is 351 g/mol. The van der Waals surface area contributed by atoms with Gasteiger partial charge in [0.15, 0.2) is 0 Å². The van der Waals surface area contributed by atoms with Crippen LogP contribution in [0.2, 0.25) is 5.02 Å². The summed E-state index contributed by atoms with van der Waals surface area (Å²) < 4.78 is 14.0. The smallest absolute Gasteiger partial charge is 0.308 e. The van der Waals surface area contributed by atoms with Crippen molar-refractivity contribution in [3.05, 3.63) is 64.4 Å². The fourth-order valence-electron chi connectivity index (χ4n) is 2.48. The molecule has 2 aromatic rings. The lowest BCUT2D eigenvalue weighted by Crippen LogP contribution is -2.34. The average Bonchev–Trinajstić information content (AvgIpc) is 3.01. The number of amides is 2. The summed E-state index contributed by atoms with van der Waals surface area (Å²) in [5.41, 5.74) is 2.12. The molecule has 2 aromatic carbocycles. The van der Waals surface area contributed by atoms with E-state index in [2.05, 4.69) is 5.32 Å². The Hall–Kier alpha value is -1.72. The molecular weight excluding hydrogens is 335 g/mol. The molecule has 0 aliphatic carbocycles. The van der Waals surface area contributed by atoms with Gasteiger partial charge < -0.3 is 10.2 Å². The molecule has 23 heavy (non-hydrogen) atoms. The molecule has 0 spiro atoms. The van der Waals surface area contributed by atoms with Gasteiger partial charge in [-0.15, -0.1) is 11.8 Å². The summed E-state index contributed by atoms with van der Waals surface area (Å²) in [5, 5.41) is 3.13. The summed E-state index contributed by atoms with van der Waals surface area (Å²) in [7, 11) is 0. The number of benzene rings is 2. The van der Waals surface area contributed by atoms with Crippen molar-refractivity contribution in [3.8, 4) is 0 Å². The zero-order valence-corrected chi connectivity index (χ0v) is 14.1. The molecule has 3 nitrogen and oxygen atoms in total. The molecule has 1 fully saturated rings. The number of carbonyl (C=O) groups excluding carboxylic acids is 1. The van der Waals surface area contributed by atoms with E-state index >= 15 is 0 Å². The largest absolute Gasteiger partial charge is 0.323 e. The van der Waals surface area contributed by atoms with Crippen LogP contribution < -0.4 is 5.32 Å². The topological polar surface area (TPSA) is 32.3 Å². The summed E-state index contributed by atoms with van der Waals surface area (Å²) in [6, 6.07) is 11.7. The van der Waals surface area contributed by atoms with Crippen LogP contribution in [-0.4, -0.2) is 23.2 Å². The van der Waals surface area contributed by atoms with E-state index in [9.17, 15) is 9.18 Å². The van der Waals surface area contributed by atoms with Crippen molar-refractivity contribution in [1.82, 2.24) is 4.90 Å². The number of rotatable bonds is 2. The molecule has 0 bridgehead atoms. The molecule has 1 aliphatic heterocycles. The molecule has 1 aliphatic rings. The Kier molecular flexibility index (Phi) is 4.78. The van der Waals surface area contributed by atoms with Crippen molar-refractivity contribution in [2.24, 2.45) is 0 Å². The van der Waals surface area contributed by atoms with Crippen molar-refractivity contribution in [3.63, 3.8) is 0 Å². The predicted molar refractivity (Wildman–Crippen MR) is 93.5 cm³/mol. The minimum absolute atomic E-state index is 0.247. The number of aryl methyl sites for hydroxylation is 1. The lowest BCUT2D eigenvalue weighted by atomic mass is 10.2. The molecule has 0 radical (unpaired) electrons. The van der Waals surface area contributed by atoms with Crippen LogP contribution in [0, 0.1) is 12.7 Å². The van der Waals surface area contributed by atoms with Gasteiger partial charge in [0.2, 0.25) is 0 Å². The Morgan fingerprint density at radius 3 is 2.87 bits per heavy atom. The van der Waals surface area contributed by atoms with Crippen molar-refractivity contribution in [2.75, 3.05) is 17.6 Å². The Morgan fingerprint density at radius 2 is 2.13 bits per heavy atom. The van der Waals surface area contributed by atoms with Crippen molar-refractivity contribution in [2.45, 2.75) is 12.3 Å². The quantitative estimate of drug-likeness (QED) is 0.820. The SMILES string of the molecule is Cc1ccc(NC(=O)N2CCSC2c2ccccc2F)cc1Cl. The second-order valence-corrected chi connectivity index (χ2v) is 6.93. The third-order valence-corrected chi connectivity index (χ3v) is 5.40. The fourth-order valence-corrected chi connectivity index (χ4v) is 3.93. The summed E-state index contributed by atoms with van der Waals surface area (Å²) in [4.78, 5) is 14.2. The molecule has 0 saturated carbocycles. The maximum atomic E-state index is 14.0. The highest BCUT2D eigenvalue weighted by Gasteiger charge is 2.32. The third kappa shape index (κ3) is 3.46. The first-order valence-corrected chi connectivity index (χ1v) is 8.69. The van der Waals surface area contributed by atoms with E-state index in [1.54, 1.807) is 47.0 Å². The second kappa shape index (κ2) is 6.81. The van der Waals surface area contributed by atoms with Crippen LogP contribution >= 0.6 is 23.4 Å². The van der Waals surface area contributed by atoms with Gasteiger partial charge in [-0.2, -0.15) is 0 Å². The monoisotopic (exact) mass is 350 g/mol. The fraction of sp³-hybridized carbons (Fsp3) is 0.235. The number of urea groups is 1. The van der Waals surface area contributed by atoms with E-state index in [0.29, 0.717) is 22.8 Å². The first-order valence-electron chi connectivity index (χ1n) is 7.26. The highest BCUT2D eigenvalue weighted by atomic mass is 35.5. The van der Waals surface area contributed by atoms with Gasteiger partial charge in [0.05, 0.1) is 0 Å². The van der Waals surface area contributed by atoms with E-state index in [-0.39, 0.29) is 17.2 Å². The molecular formula is C17H16ClFN2OS. The van der Waals surface area contributed by atoms with Gasteiger partial charge in [-0.1, -0.05) is 35.9 Å². The molecule has 1 saturated heterocycles. The van der Waals surface area contributed by atoms with Crippen LogP contribution in [0.15, 0.2) is 42.5 Å². The van der Waals surface area contributed by atoms with Crippen molar-refractivity contribution >= 4 is 35.1 Å². The van der Waals surface area contributed by atoms with Gasteiger partial charge in [0.1, 0.15) is 11.2 Å². The van der Waals surface area contributed by atoms with Crippen LogP contribution in [0.1, 0.15) is 16.5 Å². The predicted octanol–water partition coefficient (Wildman–Crippen LogP) is 5.07. The second-order valence-electron chi connectivity index (χ2n) is 5.33. The van der Waals surface area contributed by atoms with E-state index in [0.717, 1.165) is 11.3 Å². The Labute approximate surface area is 143 Å². The third-order valence-electron chi connectivity index (χ3n) is 3.75. The van der Waals surface area contributed by atoms with E-state index in [1.165, 1.54) is 6.07 Å². The van der Waals surface area contributed by atoms with Gasteiger partial charge in [-0.05, 0) is 30.7 Å². The number of hydrogen-bond donors (Lipinski definition) is 1. The van der Waals surface area contributed by atoms with Gasteiger partial charge in [-0.25, -0.2) is 9.18 Å². The van der Waals surface area contributed by atoms with Gasteiger partial charge in [0, 0.05) is 28.6 Å². The maximum absolute atomic E-state index is 14.0. The first-order chi connectivity index (χ1) is 11.1. The molecule has 1 atom stereocenters. The van der Waals surface area contributed by atoms with E-state index in [4.69, 9.17) is 11.6 Å². The molecule has 0 aromatic heterocycles. The number of halogens is 2. The van der Waals surface area contributed by atoms with E-state index in [1.807, 2.05) is 13.0 Å². The number of carbonyl (C=O) groups is 1. The minimum Gasteiger partial charge on any atom is -0.308 e. The molecule has 3 rings (SSSR count). The summed E-state index contributed by atoms with van der Waals surface area (Å²) in [6.07, 6.45) is 0. The lowest BCUT2D eigenvalue weighted by molar-refractivity contribution is 0.213. The van der Waals surface area contributed by atoms with Crippen molar-refractivity contribution in [1.29, 1.82) is 0 Å². The zero-order chi connectivity index (χ0) is 16.4. The Balaban J connectivity index is 1.78. The van der Waals surface area contributed by atoms with Crippen LogP contribution in [-0.2, 0) is 0 Å². The van der Waals surface area contributed by atoms with Crippen LogP contribution in [0.25, 0.3) is 0 Å². The molecule has 1 unspecified atom stereocenters. The van der Waals surface area contributed by atoms with Gasteiger partial charge >= 0.3 is 6.03 Å². The Bertz CT molecular complexity index is 740. The normalized spacial score (nSPS) is 17.3. The number of nitrogens with one attached hydrogen (secondary N) is 1. The molecule has 1 N–H and O–H groups in total. The van der Waals surface area contributed by atoms with Crippen molar-refractivity contribution < 1.29 is 9.18 Å². The van der Waals surface area contributed by atoms with Gasteiger partial charge in [-0.3, -0.25) is 0 Å². The number of anilines is 1. The molecule has 120 valence electrons. The summed E-state index contributed by atoms with van der Waals surface area (Å²) in [6.45, 7) is 2.48. The lowest BCUT2D eigenvalue weighted by Gasteiger charge is -2.24. The zero-order valence-electron chi connectivity index (χ0n) is 12.6. The van der Waals surface area contributed by atoms with Crippen LogP contribution in [0.4, 0.5) is 14.9 Å². The maximum Gasteiger partial charge on any atom is 0.323 e. The van der Waals surface area contributed by atoms with Crippen LogP contribution in [0.3, 0.4) is 0 Å². The van der Waals surface area contributed by atoms with E-state index < -0.39 is 0 Å². The minimum atomic E-state index is -0.308. The summed E-state index contributed by atoms with van der Waals surface area (Å²) >= 11 is 7.64. The first kappa shape index (κ1) is 16.1. The highest BCUT2D eigenvalue weighted by molar-refractivity contribution is 7.99. The van der Waals surface area contributed by atoms with Crippen LogP contribution in [0.5, 0.6) is 0 Å². The Morgan fingerprint density at radius 1 is 1.35 bits per heavy atom.